The first-order valence-corrected chi connectivity index (χ1v) is 5.07. The van der Waals surface area contributed by atoms with Crippen LogP contribution >= 0.6 is 0 Å². The molecule has 1 atom stereocenters. The van der Waals surface area contributed by atoms with Crippen molar-refractivity contribution in [1.82, 2.24) is 5.32 Å². The maximum absolute atomic E-state index is 5.39. The quantitative estimate of drug-likeness (QED) is 0.500. The van der Waals surface area contributed by atoms with Crippen LogP contribution in [-0.4, -0.2) is 23.3 Å². The van der Waals surface area contributed by atoms with Crippen LogP contribution in [0.2, 0.25) is 0 Å². The van der Waals surface area contributed by atoms with Gasteiger partial charge in [0.25, 0.3) is 0 Å². The van der Waals surface area contributed by atoms with E-state index < -0.39 is 0 Å². The van der Waals surface area contributed by atoms with E-state index in [2.05, 4.69) is 33.0 Å². The van der Waals surface area contributed by atoms with Crippen molar-refractivity contribution in [3.8, 4) is 0 Å². The molecule has 0 radical (unpaired) electrons. The molecule has 0 aliphatic heterocycles. The lowest BCUT2D eigenvalue weighted by molar-refractivity contribution is 0.126. The highest BCUT2D eigenvalue weighted by atomic mass is 28.2. The Hall–Kier alpha value is 0.137. The summed E-state index contributed by atoms with van der Waals surface area (Å²) >= 11 is 0. The number of hydrogen-bond acceptors (Lipinski definition) is 2. The predicted octanol–water partition coefficient (Wildman–Crippen LogP) is 0.655. The molecule has 0 rings (SSSR count). The fraction of sp³-hybridized carbons (Fsp3) is 1.00. The lowest BCUT2D eigenvalue weighted by atomic mass is 9.91. The maximum atomic E-state index is 5.39. The van der Waals surface area contributed by atoms with Crippen molar-refractivity contribution in [1.29, 1.82) is 0 Å². The number of nitrogens with one attached hydrogen (secondary N) is 1. The minimum Gasteiger partial charge on any atom is -0.413 e. The van der Waals surface area contributed by atoms with Crippen LogP contribution in [0.1, 0.15) is 34.1 Å². The van der Waals surface area contributed by atoms with Crippen LogP contribution in [0.15, 0.2) is 0 Å². The summed E-state index contributed by atoms with van der Waals surface area (Å²) in [7, 11) is 0.817. The molecule has 0 saturated carbocycles. The van der Waals surface area contributed by atoms with E-state index in [1.807, 2.05) is 0 Å². The second-order valence-electron chi connectivity index (χ2n) is 4.05. The zero-order chi connectivity index (χ0) is 8.91. The Bertz CT molecular complexity index is 101. The first-order chi connectivity index (χ1) is 4.99. The highest BCUT2D eigenvalue weighted by Crippen LogP contribution is 2.20. The molecule has 0 bridgehead atoms. The molecular weight excluding hydrogens is 154 g/mol. The molecule has 0 heterocycles. The van der Waals surface area contributed by atoms with E-state index in [0.29, 0.717) is 5.41 Å². The van der Waals surface area contributed by atoms with Crippen molar-refractivity contribution in [2.45, 2.75) is 40.3 Å². The van der Waals surface area contributed by atoms with Gasteiger partial charge in [0.05, 0.1) is 6.23 Å². The van der Waals surface area contributed by atoms with Gasteiger partial charge < -0.3 is 4.43 Å². The Balaban J connectivity index is 3.68. The van der Waals surface area contributed by atoms with Crippen molar-refractivity contribution in [3.63, 3.8) is 0 Å². The Kier molecular flexibility index (Phi) is 4.96. The van der Waals surface area contributed by atoms with Gasteiger partial charge in [0.15, 0.2) is 0 Å². The minimum absolute atomic E-state index is 0.270. The Morgan fingerprint density at radius 1 is 1.45 bits per heavy atom. The highest BCUT2D eigenvalue weighted by molar-refractivity contribution is 5.98. The maximum Gasteiger partial charge on any atom is 0.148 e. The van der Waals surface area contributed by atoms with Gasteiger partial charge in [-0.25, -0.2) is 0 Å². The van der Waals surface area contributed by atoms with E-state index in [0.717, 1.165) is 23.5 Å². The third-order valence-electron chi connectivity index (χ3n) is 1.51. The lowest BCUT2D eigenvalue weighted by Crippen LogP contribution is -2.34. The van der Waals surface area contributed by atoms with Crippen molar-refractivity contribution >= 4 is 10.5 Å². The van der Waals surface area contributed by atoms with Gasteiger partial charge in [0.1, 0.15) is 10.5 Å². The molecule has 0 spiro atoms. The van der Waals surface area contributed by atoms with Crippen LogP contribution in [0.5, 0.6) is 0 Å². The third-order valence-corrected chi connectivity index (χ3v) is 2.08. The van der Waals surface area contributed by atoms with E-state index in [1.165, 1.54) is 0 Å². The van der Waals surface area contributed by atoms with Gasteiger partial charge in [0.2, 0.25) is 0 Å². The van der Waals surface area contributed by atoms with Crippen molar-refractivity contribution < 1.29 is 4.43 Å². The highest BCUT2D eigenvalue weighted by Gasteiger charge is 2.16. The molecule has 0 aromatic carbocycles. The number of hydrogen-bond donors (Lipinski definition) is 1. The summed E-state index contributed by atoms with van der Waals surface area (Å²) in [5.41, 5.74) is 0.358. The van der Waals surface area contributed by atoms with Gasteiger partial charge in [-0.2, -0.15) is 0 Å². The largest absolute Gasteiger partial charge is 0.413 e. The predicted molar refractivity (Wildman–Crippen MR) is 52.6 cm³/mol. The topological polar surface area (TPSA) is 21.3 Å². The Morgan fingerprint density at radius 3 is 2.27 bits per heavy atom. The summed E-state index contributed by atoms with van der Waals surface area (Å²) in [6.45, 7) is 9.80. The summed E-state index contributed by atoms with van der Waals surface area (Å²) in [6, 6.07) is 0. The molecule has 0 aromatic heterocycles. The average molecular weight is 175 g/mol. The van der Waals surface area contributed by atoms with Crippen molar-refractivity contribution in [2.75, 3.05) is 6.54 Å². The molecule has 3 heteroatoms. The first kappa shape index (κ1) is 11.1. The standard InChI is InChI=1S/C8H21NOSi/c1-5-9-7(10-11)6-8(2,3)4/h7,9H,5-6H2,1-4,11H3. The molecule has 0 saturated heterocycles. The van der Waals surface area contributed by atoms with Gasteiger partial charge >= 0.3 is 0 Å². The third kappa shape index (κ3) is 6.53. The fourth-order valence-corrected chi connectivity index (χ4v) is 1.36. The SMILES string of the molecule is CCNC(CC(C)(C)C)O[SiH3]. The summed E-state index contributed by atoms with van der Waals surface area (Å²) < 4.78 is 5.39. The van der Waals surface area contributed by atoms with E-state index in [1.54, 1.807) is 0 Å². The summed E-state index contributed by atoms with van der Waals surface area (Å²) in [4.78, 5) is 0. The normalized spacial score (nSPS) is 15.3. The van der Waals surface area contributed by atoms with E-state index in [-0.39, 0.29) is 6.23 Å². The molecule has 11 heavy (non-hydrogen) atoms. The van der Waals surface area contributed by atoms with Crippen LogP contribution < -0.4 is 5.32 Å². The van der Waals surface area contributed by atoms with Gasteiger partial charge in [-0.05, 0) is 18.4 Å². The van der Waals surface area contributed by atoms with Gasteiger partial charge in [-0.3, -0.25) is 5.32 Å². The summed E-state index contributed by atoms with van der Waals surface area (Å²) in [5.74, 6) is 0. The molecule has 1 unspecified atom stereocenters. The first-order valence-electron chi connectivity index (χ1n) is 4.26. The van der Waals surface area contributed by atoms with Gasteiger partial charge in [0, 0.05) is 0 Å². The Labute approximate surface area is 73.3 Å². The molecule has 0 fully saturated rings. The molecule has 68 valence electrons. The van der Waals surface area contributed by atoms with Gasteiger partial charge in [-0.15, -0.1) is 0 Å². The molecule has 1 N–H and O–H groups in total. The Morgan fingerprint density at radius 2 is 2.00 bits per heavy atom. The summed E-state index contributed by atoms with van der Waals surface area (Å²) in [6.07, 6.45) is 1.36. The smallest absolute Gasteiger partial charge is 0.148 e. The van der Waals surface area contributed by atoms with Crippen LogP contribution in [0, 0.1) is 5.41 Å². The van der Waals surface area contributed by atoms with E-state index in [4.69, 9.17) is 4.43 Å². The molecule has 0 aliphatic carbocycles. The zero-order valence-electron chi connectivity index (χ0n) is 8.40. The zero-order valence-corrected chi connectivity index (χ0v) is 10.4. The van der Waals surface area contributed by atoms with Gasteiger partial charge in [-0.1, -0.05) is 27.7 Å². The second kappa shape index (κ2) is 4.90. The average Bonchev–Trinajstić information content (AvgIpc) is 1.84. The lowest BCUT2D eigenvalue weighted by Gasteiger charge is -2.25. The van der Waals surface area contributed by atoms with Crippen LogP contribution in [0.3, 0.4) is 0 Å². The fourth-order valence-electron chi connectivity index (χ4n) is 1.02. The minimum atomic E-state index is 0.270. The monoisotopic (exact) mass is 175 g/mol. The number of rotatable bonds is 4. The molecule has 0 aromatic rings. The second-order valence-corrected chi connectivity index (χ2v) is 4.52. The van der Waals surface area contributed by atoms with Crippen LogP contribution in [0.25, 0.3) is 0 Å². The molecule has 0 aliphatic rings. The molecule has 0 amide bonds. The van der Waals surface area contributed by atoms with Crippen molar-refractivity contribution in [3.05, 3.63) is 0 Å². The van der Waals surface area contributed by atoms with E-state index in [9.17, 15) is 0 Å². The molecule has 2 nitrogen and oxygen atoms in total. The molecular formula is C8H21NOSi. The van der Waals surface area contributed by atoms with Crippen LogP contribution in [0.4, 0.5) is 0 Å². The van der Waals surface area contributed by atoms with Crippen molar-refractivity contribution in [2.24, 2.45) is 5.41 Å². The van der Waals surface area contributed by atoms with Crippen LogP contribution in [-0.2, 0) is 4.43 Å². The van der Waals surface area contributed by atoms with E-state index >= 15 is 0 Å². The summed E-state index contributed by atoms with van der Waals surface area (Å²) in [5, 5.41) is 3.30.